The van der Waals surface area contributed by atoms with Gasteiger partial charge in [0.05, 0.1) is 18.8 Å². The molecule has 0 radical (unpaired) electrons. The molecule has 0 aliphatic rings. The lowest BCUT2D eigenvalue weighted by Gasteiger charge is -2.19. The van der Waals surface area contributed by atoms with E-state index in [0.29, 0.717) is 19.1 Å². The van der Waals surface area contributed by atoms with Crippen molar-refractivity contribution < 1.29 is 9.84 Å². The van der Waals surface area contributed by atoms with Crippen LogP contribution in [-0.4, -0.2) is 30.5 Å². The Bertz CT molecular complexity index is 404. The first-order chi connectivity index (χ1) is 9.38. The van der Waals surface area contributed by atoms with Gasteiger partial charge in [-0.1, -0.05) is 26.0 Å². The number of aryl methyl sites for hydroxylation is 2. The van der Waals surface area contributed by atoms with E-state index in [4.69, 9.17) is 4.74 Å². The van der Waals surface area contributed by atoms with Gasteiger partial charge >= 0.3 is 0 Å². The summed E-state index contributed by atoms with van der Waals surface area (Å²) in [6.45, 7) is 11.4. The van der Waals surface area contributed by atoms with Crippen LogP contribution in [0.1, 0.15) is 38.3 Å². The second-order valence-electron chi connectivity index (χ2n) is 6.13. The van der Waals surface area contributed by atoms with Gasteiger partial charge in [-0.3, -0.25) is 0 Å². The van der Waals surface area contributed by atoms with Crippen molar-refractivity contribution in [3.05, 3.63) is 29.3 Å². The first kappa shape index (κ1) is 17.0. The highest BCUT2D eigenvalue weighted by Crippen LogP contribution is 2.16. The van der Waals surface area contributed by atoms with Gasteiger partial charge in [-0.15, -0.1) is 0 Å². The molecule has 0 spiro atoms. The van der Waals surface area contributed by atoms with Crippen LogP contribution in [0.4, 0.5) is 5.69 Å². The Morgan fingerprint density at radius 3 is 2.55 bits per heavy atom. The van der Waals surface area contributed by atoms with Gasteiger partial charge in [0.25, 0.3) is 0 Å². The van der Waals surface area contributed by atoms with Gasteiger partial charge in [-0.05, 0) is 50.3 Å². The zero-order valence-corrected chi connectivity index (χ0v) is 13.4. The summed E-state index contributed by atoms with van der Waals surface area (Å²) in [7, 11) is 0. The van der Waals surface area contributed by atoms with Crippen LogP contribution in [-0.2, 0) is 4.74 Å². The lowest BCUT2D eigenvalue weighted by molar-refractivity contribution is -0.00444. The molecule has 1 aromatic rings. The van der Waals surface area contributed by atoms with Crippen molar-refractivity contribution in [1.29, 1.82) is 0 Å². The Balaban J connectivity index is 2.32. The maximum Gasteiger partial charge on any atom is 0.0945 e. The highest BCUT2D eigenvalue weighted by Gasteiger charge is 2.10. The molecule has 0 saturated heterocycles. The lowest BCUT2D eigenvalue weighted by Crippen LogP contribution is -2.27. The van der Waals surface area contributed by atoms with Crippen molar-refractivity contribution in [3.8, 4) is 0 Å². The van der Waals surface area contributed by atoms with Crippen molar-refractivity contribution in [3.63, 3.8) is 0 Å². The van der Waals surface area contributed by atoms with Crippen molar-refractivity contribution >= 4 is 5.69 Å². The number of aliphatic hydroxyl groups is 1. The molecular weight excluding hydrogens is 250 g/mol. The maximum absolute atomic E-state index is 9.97. The predicted octanol–water partition coefficient (Wildman–Crippen LogP) is 3.53. The minimum atomic E-state index is -0.482. The molecule has 0 aliphatic heterocycles. The van der Waals surface area contributed by atoms with Gasteiger partial charge in [0.1, 0.15) is 0 Å². The quantitative estimate of drug-likeness (QED) is 0.765. The average Bonchev–Trinajstić information content (AvgIpc) is 2.36. The fourth-order valence-electron chi connectivity index (χ4n) is 2.22. The molecule has 3 heteroatoms. The summed E-state index contributed by atoms with van der Waals surface area (Å²) < 4.78 is 5.67. The molecule has 2 unspecified atom stereocenters. The molecule has 0 saturated carbocycles. The van der Waals surface area contributed by atoms with Gasteiger partial charge in [0, 0.05) is 12.2 Å². The number of hydrogen-bond donors (Lipinski definition) is 2. The third-order valence-corrected chi connectivity index (χ3v) is 3.30. The van der Waals surface area contributed by atoms with Crippen molar-refractivity contribution in [2.45, 2.75) is 53.2 Å². The molecule has 0 amide bonds. The zero-order valence-electron chi connectivity index (χ0n) is 13.4. The average molecular weight is 279 g/mol. The van der Waals surface area contributed by atoms with E-state index in [1.54, 1.807) is 0 Å². The lowest BCUT2D eigenvalue weighted by atomic mass is 10.1. The van der Waals surface area contributed by atoms with E-state index in [2.05, 4.69) is 58.1 Å². The fourth-order valence-corrected chi connectivity index (χ4v) is 2.22. The minimum Gasteiger partial charge on any atom is -0.389 e. The van der Waals surface area contributed by atoms with Crippen molar-refractivity contribution in [1.82, 2.24) is 0 Å². The highest BCUT2D eigenvalue weighted by molar-refractivity contribution is 5.52. The second-order valence-corrected chi connectivity index (χ2v) is 6.13. The summed E-state index contributed by atoms with van der Waals surface area (Å²) in [6.07, 6.45) is 0.742. The van der Waals surface area contributed by atoms with Gasteiger partial charge in [0.2, 0.25) is 0 Å². The third kappa shape index (κ3) is 6.40. The van der Waals surface area contributed by atoms with E-state index in [1.165, 1.54) is 11.1 Å². The second kappa shape index (κ2) is 8.28. The molecular formula is C17H29NO2. The molecule has 1 aromatic carbocycles. The number of rotatable bonds is 8. The van der Waals surface area contributed by atoms with Crippen molar-refractivity contribution in [2.24, 2.45) is 5.92 Å². The number of nitrogens with one attached hydrogen (secondary N) is 1. The molecule has 0 bridgehead atoms. The molecule has 0 aromatic heterocycles. The maximum atomic E-state index is 9.97. The summed E-state index contributed by atoms with van der Waals surface area (Å²) in [4.78, 5) is 0. The molecule has 2 atom stereocenters. The van der Waals surface area contributed by atoms with Gasteiger partial charge in [-0.2, -0.15) is 0 Å². The largest absolute Gasteiger partial charge is 0.389 e. The molecule has 1 rings (SSSR count). The molecule has 0 aliphatic carbocycles. The van der Waals surface area contributed by atoms with Crippen LogP contribution in [0.3, 0.4) is 0 Å². The Kier molecular flexibility index (Phi) is 7.03. The number of ether oxygens (including phenoxy) is 1. The summed E-state index contributed by atoms with van der Waals surface area (Å²) >= 11 is 0. The van der Waals surface area contributed by atoms with E-state index in [1.807, 2.05) is 0 Å². The summed E-state index contributed by atoms with van der Waals surface area (Å²) in [6, 6.07) is 6.28. The number of benzene rings is 1. The SMILES string of the molecule is Cc1ccc(C)c(NCC(O)COC(C)CC(C)C)c1. The summed E-state index contributed by atoms with van der Waals surface area (Å²) in [5.74, 6) is 0.621. The highest BCUT2D eigenvalue weighted by atomic mass is 16.5. The summed E-state index contributed by atoms with van der Waals surface area (Å²) in [5.41, 5.74) is 3.49. The third-order valence-electron chi connectivity index (χ3n) is 3.30. The van der Waals surface area contributed by atoms with E-state index in [9.17, 15) is 5.11 Å². The Morgan fingerprint density at radius 2 is 1.90 bits per heavy atom. The van der Waals surface area contributed by atoms with Gasteiger partial charge in [-0.25, -0.2) is 0 Å². The van der Waals surface area contributed by atoms with Crippen LogP contribution < -0.4 is 5.32 Å². The van der Waals surface area contributed by atoms with Gasteiger partial charge in [0.15, 0.2) is 0 Å². The Hall–Kier alpha value is -1.06. The van der Waals surface area contributed by atoms with Crippen LogP contribution >= 0.6 is 0 Å². The van der Waals surface area contributed by atoms with Crippen LogP contribution in [0.2, 0.25) is 0 Å². The zero-order chi connectivity index (χ0) is 15.1. The topological polar surface area (TPSA) is 41.5 Å². The summed E-state index contributed by atoms with van der Waals surface area (Å²) in [5, 5.41) is 13.3. The van der Waals surface area contributed by atoms with E-state index >= 15 is 0 Å². The van der Waals surface area contributed by atoms with Crippen LogP contribution in [0.5, 0.6) is 0 Å². The molecule has 0 fully saturated rings. The van der Waals surface area contributed by atoms with E-state index < -0.39 is 6.10 Å². The molecule has 0 heterocycles. The molecule has 3 nitrogen and oxygen atoms in total. The van der Waals surface area contributed by atoms with Crippen molar-refractivity contribution in [2.75, 3.05) is 18.5 Å². The predicted molar refractivity (Wildman–Crippen MR) is 85.3 cm³/mol. The number of aliphatic hydroxyl groups excluding tert-OH is 1. The molecule has 2 N–H and O–H groups in total. The smallest absolute Gasteiger partial charge is 0.0945 e. The minimum absolute atomic E-state index is 0.199. The standard InChI is InChI=1S/C17H29NO2/c1-12(2)8-15(5)20-11-16(19)10-18-17-9-13(3)6-7-14(17)4/h6-7,9,12,15-16,18-19H,8,10-11H2,1-5H3. The Labute approximate surface area is 123 Å². The molecule has 114 valence electrons. The Morgan fingerprint density at radius 1 is 1.20 bits per heavy atom. The first-order valence-electron chi connectivity index (χ1n) is 7.49. The number of hydrogen-bond acceptors (Lipinski definition) is 3. The fraction of sp³-hybridized carbons (Fsp3) is 0.647. The molecule has 20 heavy (non-hydrogen) atoms. The van der Waals surface area contributed by atoms with Crippen LogP contribution in [0.25, 0.3) is 0 Å². The van der Waals surface area contributed by atoms with Crippen LogP contribution in [0.15, 0.2) is 18.2 Å². The van der Waals surface area contributed by atoms with Gasteiger partial charge < -0.3 is 15.2 Å². The van der Waals surface area contributed by atoms with E-state index in [-0.39, 0.29) is 6.10 Å². The number of anilines is 1. The normalized spacial score (nSPS) is 14.3. The van der Waals surface area contributed by atoms with Crippen LogP contribution in [0, 0.1) is 19.8 Å². The van der Waals surface area contributed by atoms with E-state index in [0.717, 1.165) is 12.1 Å². The first-order valence-corrected chi connectivity index (χ1v) is 7.49. The monoisotopic (exact) mass is 279 g/mol.